The molecule has 1 aliphatic heterocycles. The maximum atomic E-state index is 12.4. The van der Waals surface area contributed by atoms with Gasteiger partial charge in [0.15, 0.2) is 0 Å². The minimum absolute atomic E-state index is 0.0397. The highest BCUT2D eigenvalue weighted by atomic mass is 16.5. The van der Waals surface area contributed by atoms with Crippen molar-refractivity contribution in [1.82, 2.24) is 19.8 Å². The van der Waals surface area contributed by atoms with Crippen molar-refractivity contribution in [3.8, 4) is 0 Å². The van der Waals surface area contributed by atoms with Crippen molar-refractivity contribution in [2.24, 2.45) is 5.92 Å². The van der Waals surface area contributed by atoms with Gasteiger partial charge in [-0.2, -0.15) is 0 Å². The number of morpholine rings is 1. The predicted octanol–water partition coefficient (Wildman–Crippen LogP) is 2.25. The van der Waals surface area contributed by atoms with Crippen LogP contribution in [0.5, 0.6) is 0 Å². The van der Waals surface area contributed by atoms with Crippen LogP contribution in [0.1, 0.15) is 39.9 Å². The van der Waals surface area contributed by atoms with E-state index >= 15 is 0 Å². The molecule has 1 fully saturated rings. The van der Waals surface area contributed by atoms with Crippen molar-refractivity contribution in [3.05, 3.63) is 18.2 Å². The number of nitrogens with zero attached hydrogens (tertiary/aromatic N) is 3. The first-order valence-corrected chi connectivity index (χ1v) is 8.10. The third-order valence-electron chi connectivity index (χ3n) is 4.13. The Morgan fingerprint density at radius 1 is 1.55 bits per heavy atom. The van der Waals surface area contributed by atoms with Crippen molar-refractivity contribution in [1.29, 1.82) is 0 Å². The molecule has 2 heterocycles. The number of imidazole rings is 1. The number of urea groups is 1. The summed E-state index contributed by atoms with van der Waals surface area (Å²) in [5, 5.41) is 2.98. The summed E-state index contributed by atoms with van der Waals surface area (Å²) in [4.78, 5) is 18.5. The summed E-state index contributed by atoms with van der Waals surface area (Å²) in [5.41, 5.74) is -0.230. The molecule has 1 aromatic rings. The molecule has 124 valence electrons. The maximum absolute atomic E-state index is 12.4. The zero-order chi connectivity index (χ0) is 16.2. The van der Waals surface area contributed by atoms with Gasteiger partial charge in [0.25, 0.3) is 0 Å². The van der Waals surface area contributed by atoms with E-state index < -0.39 is 0 Å². The lowest BCUT2D eigenvalue weighted by Gasteiger charge is -2.39. The van der Waals surface area contributed by atoms with E-state index in [-0.39, 0.29) is 11.6 Å². The summed E-state index contributed by atoms with van der Waals surface area (Å²) in [7, 11) is 0. The first-order chi connectivity index (χ1) is 10.4. The monoisotopic (exact) mass is 308 g/mol. The molecular formula is C16H28N4O2. The topological polar surface area (TPSA) is 59.4 Å². The minimum atomic E-state index is -0.230. The van der Waals surface area contributed by atoms with Crippen molar-refractivity contribution < 1.29 is 9.53 Å². The Labute approximate surface area is 132 Å². The molecule has 1 N–H and O–H groups in total. The number of nitrogens with one attached hydrogen (secondary N) is 1. The molecular weight excluding hydrogens is 280 g/mol. The molecule has 0 aromatic carbocycles. The van der Waals surface area contributed by atoms with Crippen LogP contribution in [0.15, 0.2) is 12.4 Å². The minimum Gasteiger partial charge on any atom is -0.372 e. The molecule has 0 aliphatic carbocycles. The average Bonchev–Trinajstić information content (AvgIpc) is 2.91. The highest BCUT2D eigenvalue weighted by Crippen LogP contribution is 2.20. The second-order valence-corrected chi connectivity index (χ2v) is 6.62. The fraction of sp³-hybridized carbons (Fsp3) is 0.750. The first kappa shape index (κ1) is 16.8. The van der Waals surface area contributed by atoms with E-state index in [9.17, 15) is 4.79 Å². The van der Waals surface area contributed by atoms with E-state index in [1.165, 1.54) is 0 Å². The quantitative estimate of drug-likeness (QED) is 0.907. The molecule has 22 heavy (non-hydrogen) atoms. The molecule has 0 bridgehead atoms. The highest BCUT2D eigenvalue weighted by molar-refractivity contribution is 5.74. The number of hydrogen-bond donors (Lipinski definition) is 1. The molecule has 0 radical (unpaired) electrons. The van der Waals surface area contributed by atoms with Gasteiger partial charge in [0.1, 0.15) is 5.82 Å². The van der Waals surface area contributed by atoms with Gasteiger partial charge in [-0.05, 0) is 19.3 Å². The molecule has 2 rings (SSSR count). The standard InChI is InChI=1S/C16H28N4O2/c1-5-16(4)12-20(8-9-22-16)15(21)18-10-14-17-6-7-19(14)11-13(2)3/h6-7,13H,5,8-12H2,1-4H3,(H,18,21)/t16-/m0/s1. The average molecular weight is 308 g/mol. The highest BCUT2D eigenvalue weighted by Gasteiger charge is 2.32. The first-order valence-electron chi connectivity index (χ1n) is 8.10. The number of carbonyl (C=O) groups excluding carboxylic acids is 1. The number of ether oxygens (including phenoxy) is 1. The largest absolute Gasteiger partial charge is 0.372 e. The molecule has 0 saturated carbocycles. The number of rotatable bonds is 5. The normalized spacial score (nSPS) is 22.1. The van der Waals surface area contributed by atoms with Crippen LogP contribution < -0.4 is 5.32 Å². The number of hydrogen-bond acceptors (Lipinski definition) is 3. The van der Waals surface area contributed by atoms with Crippen molar-refractivity contribution in [2.45, 2.75) is 52.8 Å². The van der Waals surface area contributed by atoms with Gasteiger partial charge in [-0.25, -0.2) is 9.78 Å². The fourth-order valence-corrected chi connectivity index (χ4v) is 2.65. The Morgan fingerprint density at radius 3 is 3.00 bits per heavy atom. The molecule has 2 amide bonds. The summed E-state index contributed by atoms with van der Waals surface area (Å²) in [6.45, 7) is 11.7. The molecule has 1 atom stereocenters. The Balaban J connectivity index is 1.89. The SMILES string of the molecule is CC[C@@]1(C)CN(C(=O)NCc2nccn2CC(C)C)CCO1. The van der Waals surface area contributed by atoms with Crippen LogP contribution in [0.3, 0.4) is 0 Å². The van der Waals surface area contributed by atoms with Gasteiger partial charge in [-0.3, -0.25) is 0 Å². The number of carbonyl (C=O) groups is 1. The van der Waals surface area contributed by atoms with Crippen LogP contribution in [0.2, 0.25) is 0 Å². The van der Waals surface area contributed by atoms with E-state index in [1.807, 2.05) is 11.1 Å². The Morgan fingerprint density at radius 2 is 2.32 bits per heavy atom. The van der Waals surface area contributed by atoms with Gasteiger partial charge in [0.2, 0.25) is 0 Å². The Hall–Kier alpha value is -1.56. The summed E-state index contributed by atoms with van der Waals surface area (Å²) in [6, 6.07) is -0.0397. The maximum Gasteiger partial charge on any atom is 0.317 e. The summed E-state index contributed by atoms with van der Waals surface area (Å²) >= 11 is 0. The molecule has 1 aliphatic rings. The van der Waals surface area contributed by atoms with E-state index in [0.717, 1.165) is 18.8 Å². The molecule has 6 heteroatoms. The second-order valence-electron chi connectivity index (χ2n) is 6.62. The molecule has 1 saturated heterocycles. The van der Waals surface area contributed by atoms with Crippen LogP contribution in [-0.2, 0) is 17.8 Å². The van der Waals surface area contributed by atoms with Crippen molar-refractivity contribution in [3.63, 3.8) is 0 Å². The third-order valence-corrected chi connectivity index (χ3v) is 4.13. The van der Waals surface area contributed by atoms with Crippen LogP contribution >= 0.6 is 0 Å². The van der Waals surface area contributed by atoms with Crippen molar-refractivity contribution in [2.75, 3.05) is 19.7 Å². The van der Waals surface area contributed by atoms with Gasteiger partial charge < -0.3 is 19.5 Å². The Bertz CT molecular complexity index is 500. The zero-order valence-electron chi connectivity index (χ0n) is 14.1. The van der Waals surface area contributed by atoms with E-state index in [1.54, 1.807) is 6.20 Å². The fourth-order valence-electron chi connectivity index (χ4n) is 2.65. The smallest absolute Gasteiger partial charge is 0.317 e. The van der Waals surface area contributed by atoms with Crippen molar-refractivity contribution >= 4 is 6.03 Å². The second kappa shape index (κ2) is 7.13. The lowest BCUT2D eigenvalue weighted by Crippen LogP contribution is -2.54. The van der Waals surface area contributed by atoms with Gasteiger partial charge in [0.05, 0.1) is 25.3 Å². The molecule has 1 aromatic heterocycles. The van der Waals surface area contributed by atoms with E-state index in [4.69, 9.17) is 4.74 Å². The van der Waals surface area contributed by atoms with Gasteiger partial charge in [0, 0.05) is 25.5 Å². The van der Waals surface area contributed by atoms with Gasteiger partial charge in [-0.1, -0.05) is 20.8 Å². The Kier molecular flexibility index (Phi) is 5.45. The van der Waals surface area contributed by atoms with E-state index in [2.05, 4.69) is 42.6 Å². The van der Waals surface area contributed by atoms with Crippen LogP contribution in [0, 0.1) is 5.92 Å². The van der Waals surface area contributed by atoms with Crippen LogP contribution in [0.4, 0.5) is 4.79 Å². The number of aromatic nitrogens is 2. The third kappa shape index (κ3) is 4.22. The van der Waals surface area contributed by atoms with Gasteiger partial charge in [-0.15, -0.1) is 0 Å². The molecule has 6 nitrogen and oxygen atoms in total. The van der Waals surface area contributed by atoms with E-state index in [0.29, 0.717) is 32.2 Å². The van der Waals surface area contributed by atoms with Crippen LogP contribution in [0.25, 0.3) is 0 Å². The predicted molar refractivity (Wildman–Crippen MR) is 85.5 cm³/mol. The lowest BCUT2D eigenvalue weighted by molar-refractivity contribution is -0.0873. The summed E-state index contributed by atoms with van der Waals surface area (Å²) < 4.78 is 7.87. The summed E-state index contributed by atoms with van der Waals surface area (Å²) in [5.74, 6) is 1.45. The lowest BCUT2D eigenvalue weighted by atomic mass is 10.0. The zero-order valence-corrected chi connectivity index (χ0v) is 14.1. The number of amides is 2. The summed E-state index contributed by atoms with van der Waals surface area (Å²) in [6.07, 6.45) is 4.65. The molecule has 0 unspecified atom stereocenters. The van der Waals surface area contributed by atoms with Crippen LogP contribution in [-0.4, -0.2) is 45.8 Å². The molecule has 0 spiro atoms. The van der Waals surface area contributed by atoms with Gasteiger partial charge >= 0.3 is 6.03 Å².